The summed E-state index contributed by atoms with van der Waals surface area (Å²) in [6.45, 7) is 1.71. The number of halogens is 1. The first-order valence-corrected chi connectivity index (χ1v) is 11.1. The normalized spacial score (nSPS) is 17.5. The Balaban J connectivity index is 1.62. The van der Waals surface area contributed by atoms with Crippen molar-refractivity contribution in [2.45, 2.75) is 12.8 Å². The molecular weight excluding hydrogens is 317 g/mol. The Hall–Kier alpha value is 0.270. The number of hydrogen-bond donors (Lipinski definition) is 0. The molecule has 1 unspecified atom stereocenters. The Morgan fingerprint density at radius 3 is 2.58 bits per heavy atom. The van der Waals surface area contributed by atoms with Crippen LogP contribution in [0.3, 0.4) is 0 Å². The van der Waals surface area contributed by atoms with Gasteiger partial charge in [-0.15, -0.1) is 11.4 Å². The van der Waals surface area contributed by atoms with Gasteiger partial charge < -0.3 is 0 Å². The van der Waals surface area contributed by atoms with Crippen LogP contribution < -0.4 is 0 Å². The molecule has 0 radical (unpaired) electrons. The van der Waals surface area contributed by atoms with Crippen LogP contribution in [0.1, 0.15) is 23.2 Å². The Bertz CT molecular complexity index is 401. The summed E-state index contributed by atoms with van der Waals surface area (Å²) >= 11 is 9.56. The second-order valence-corrected chi connectivity index (χ2v) is 10.3. The fourth-order valence-electron chi connectivity index (χ4n) is 1.84. The van der Waals surface area contributed by atoms with Crippen molar-refractivity contribution < 1.29 is 4.79 Å². The van der Waals surface area contributed by atoms with Gasteiger partial charge in [0, 0.05) is 30.2 Å². The van der Waals surface area contributed by atoms with Gasteiger partial charge in [-0.1, -0.05) is 53.3 Å². The van der Waals surface area contributed by atoms with E-state index in [0.29, 0.717) is 0 Å². The van der Waals surface area contributed by atoms with Gasteiger partial charge in [0.1, 0.15) is 6.63 Å². The summed E-state index contributed by atoms with van der Waals surface area (Å²) in [6, 6.07) is 9.44. The first-order chi connectivity index (χ1) is 9.27. The third kappa shape index (κ3) is 5.28. The molecule has 1 aliphatic rings. The molecule has 104 valence electrons. The van der Waals surface area contributed by atoms with Gasteiger partial charge >= 0.3 is 0 Å². The quantitative estimate of drug-likeness (QED) is 0.547. The number of benzene rings is 1. The van der Waals surface area contributed by atoms with Gasteiger partial charge in [-0.25, -0.2) is 0 Å². The van der Waals surface area contributed by atoms with E-state index in [9.17, 15) is 4.79 Å². The molecule has 1 aromatic carbocycles. The Morgan fingerprint density at radius 2 is 1.89 bits per heavy atom. The molecule has 1 aliphatic heterocycles. The highest BCUT2D eigenvalue weighted by atomic mass is 35.7. The van der Waals surface area contributed by atoms with E-state index in [4.69, 9.17) is 11.2 Å². The number of carbonyl (C=O) groups is 1. The maximum absolute atomic E-state index is 11.9. The van der Waals surface area contributed by atoms with Crippen LogP contribution in [0.15, 0.2) is 30.3 Å². The highest BCUT2D eigenvalue weighted by molar-refractivity contribution is 8.62. The topological polar surface area (TPSA) is 20.3 Å². The van der Waals surface area contributed by atoms with E-state index < -0.39 is 6.63 Å². The fourth-order valence-corrected chi connectivity index (χ4v) is 7.05. The predicted molar refractivity (Wildman–Crippen MR) is 89.3 cm³/mol. The first-order valence-electron chi connectivity index (χ1n) is 6.33. The monoisotopic (exact) mass is 333 g/mol. The van der Waals surface area contributed by atoms with Gasteiger partial charge in [0.15, 0.2) is 0 Å². The van der Waals surface area contributed by atoms with Crippen molar-refractivity contribution in [1.29, 1.82) is 0 Å². The van der Waals surface area contributed by atoms with Gasteiger partial charge in [0.2, 0.25) is 5.12 Å². The van der Waals surface area contributed by atoms with Crippen molar-refractivity contribution >= 4 is 46.1 Å². The van der Waals surface area contributed by atoms with E-state index in [1.54, 1.807) is 11.4 Å². The van der Waals surface area contributed by atoms with Crippen LogP contribution >= 0.6 is 41.0 Å². The predicted octanol–water partition coefficient (Wildman–Crippen LogP) is 4.85. The Labute approximate surface area is 129 Å². The number of nitrogens with zero attached hydrogens (tertiary/aromatic N) is 1. The third-order valence-corrected chi connectivity index (χ3v) is 8.84. The van der Waals surface area contributed by atoms with Crippen LogP contribution in [0.25, 0.3) is 0 Å². The number of carbonyl (C=O) groups excluding carboxylic acids is 1. The van der Waals surface area contributed by atoms with E-state index in [1.165, 1.54) is 24.6 Å². The molecule has 0 N–H and O–H groups in total. The van der Waals surface area contributed by atoms with Crippen molar-refractivity contribution in [3.63, 3.8) is 0 Å². The van der Waals surface area contributed by atoms with Gasteiger partial charge in [-0.2, -0.15) is 0 Å². The van der Waals surface area contributed by atoms with Gasteiger partial charge in [0.05, 0.1) is 0 Å². The zero-order valence-corrected chi connectivity index (χ0v) is 13.9. The molecule has 0 aliphatic carbocycles. The molecule has 0 spiro atoms. The maximum atomic E-state index is 11.9. The highest BCUT2D eigenvalue weighted by Crippen LogP contribution is 2.58. The van der Waals surface area contributed by atoms with Gasteiger partial charge in [-0.3, -0.25) is 9.46 Å². The SMILES string of the molecule is O=C(SCCSP(Cl)N1CCCC1)c1ccccc1. The fraction of sp³-hybridized carbons (Fsp3) is 0.462. The number of hydrogen-bond acceptors (Lipinski definition) is 4. The summed E-state index contributed by atoms with van der Waals surface area (Å²) in [7, 11) is 0. The van der Waals surface area contributed by atoms with Crippen molar-refractivity contribution in [1.82, 2.24) is 4.67 Å². The lowest BCUT2D eigenvalue weighted by Crippen LogP contribution is -2.08. The molecule has 1 saturated heterocycles. The van der Waals surface area contributed by atoms with Crippen LogP contribution in [0.2, 0.25) is 0 Å². The van der Waals surface area contributed by atoms with E-state index in [2.05, 4.69) is 4.67 Å². The van der Waals surface area contributed by atoms with E-state index in [1.807, 2.05) is 30.3 Å². The zero-order valence-electron chi connectivity index (χ0n) is 10.6. The number of rotatable bonds is 6. The standard InChI is InChI=1S/C13H17ClNOPS2/c14-17(15-8-4-5-9-15)19-11-10-18-13(16)12-6-2-1-3-7-12/h1-3,6-7H,4-5,8-11H2. The number of thioether (sulfide) groups is 1. The molecule has 0 aromatic heterocycles. The highest BCUT2D eigenvalue weighted by Gasteiger charge is 2.20. The minimum Gasteiger partial charge on any atom is -0.282 e. The molecule has 1 aromatic rings. The Kier molecular flexibility index (Phi) is 7.03. The summed E-state index contributed by atoms with van der Waals surface area (Å²) in [4.78, 5) is 11.9. The molecule has 0 bridgehead atoms. The zero-order chi connectivity index (χ0) is 13.5. The van der Waals surface area contributed by atoms with Crippen molar-refractivity contribution in [3.05, 3.63) is 35.9 Å². The second-order valence-electron chi connectivity index (χ2n) is 4.22. The average molecular weight is 334 g/mol. The average Bonchev–Trinajstić information content (AvgIpc) is 2.98. The summed E-state index contributed by atoms with van der Waals surface area (Å²) in [5, 5.41) is 0.154. The minimum atomic E-state index is -0.569. The smallest absolute Gasteiger partial charge is 0.219 e. The van der Waals surface area contributed by atoms with Crippen molar-refractivity contribution in [2.24, 2.45) is 0 Å². The van der Waals surface area contributed by atoms with Gasteiger partial charge in [-0.05, 0) is 12.8 Å². The van der Waals surface area contributed by atoms with E-state index >= 15 is 0 Å². The van der Waals surface area contributed by atoms with Crippen molar-refractivity contribution in [3.8, 4) is 0 Å². The molecule has 1 fully saturated rings. The summed E-state index contributed by atoms with van der Waals surface area (Å²) in [6.07, 6.45) is 2.54. The van der Waals surface area contributed by atoms with Crippen LogP contribution in [0, 0.1) is 0 Å². The molecule has 1 heterocycles. The Morgan fingerprint density at radius 1 is 1.21 bits per heavy atom. The van der Waals surface area contributed by atoms with Crippen LogP contribution in [-0.4, -0.2) is 34.4 Å². The second kappa shape index (κ2) is 8.53. The van der Waals surface area contributed by atoms with E-state index in [0.717, 1.165) is 30.2 Å². The molecule has 0 amide bonds. The lowest BCUT2D eigenvalue weighted by atomic mass is 10.2. The summed E-state index contributed by atoms with van der Waals surface area (Å²) < 4.78 is 2.37. The molecule has 6 heteroatoms. The van der Waals surface area contributed by atoms with E-state index in [-0.39, 0.29) is 5.12 Å². The molecule has 19 heavy (non-hydrogen) atoms. The lowest BCUT2D eigenvalue weighted by molar-refractivity contribution is 0.108. The van der Waals surface area contributed by atoms with Crippen LogP contribution in [0.5, 0.6) is 0 Å². The van der Waals surface area contributed by atoms with Crippen molar-refractivity contribution in [2.75, 3.05) is 24.6 Å². The molecular formula is C13H17ClNOPS2. The summed E-state index contributed by atoms with van der Waals surface area (Å²) in [5.41, 5.74) is 0.783. The molecule has 2 nitrogen and oxygen atoms in total. The largest absolute Gasteiger partial charge is 0.282 e. The van der Waals surface area contributed by atoms with Crippen LogP contribution in [0.4, 0.5) is 0 Å². The summed E-state index contributed by atoms with van der Waals surface area (Å²) in [5.74, 6) is 1.77. The molecule has 0 saturated carbocycles. The first kappa shape index (κ1) is 15.7. The lowest BCUT2D eigenvalue weighted by Gasteiger charge is -2.19. The molecule has 1 atom stereocenters. The van der Waals surface area contributed by atoms with Crippen LogP contribution in [-0.2, 0) is 0 Å². The third-order valence-electron chi connectivity index (χ3n) is 2.83. The minimum absolute atomic E-state index is 0.154. The maximum Gasteiger partial charge on any atom is 0.219 e. The van der Waals surface area contributed by atoms with Gasteiger partial charge in [0.25, 0.3) is 0 Å². The molecule has 2 rings (SSSR count).